The molecule has 0 unspecified atom stereocenters. The van der Waals surface area contributed by atoms with Crippen LogP contribution in [-0.2, 0) is 18.9 Å². The highest BCUT2D eigenvalue weighted by Gasteiger charge is 2.35. The van der Waals surface area contributed by atoms with Crippen molar-refractivity contribution in [3.63, 3.8) is 0 Å². The molecule has 0 radical (unpaired) electrons. The van der Waals surface area contributed by atoms with Crippen LogP contribution in [-0.4, -0.2) is 108 Å². The van der Waals surface area contributed by atoms with Crippen LogP contribution >= 0.6 is 0 Å². The first-order chi connectivity index (χ1) is 27.6. The Hall–Kier alpha value is -5.68. The minimum absolute atomic E-state index is 0.306. The second-order valence-electron chi connectivity index (χ2n) is 19.3. The number of amides is 5. The number of pyridine rings is 1. The van der Waals surface area contributed by atoms with Gasteiger partial charge in [0.25, 0.3) is 0 Å². The quantitative estimate of drug-likeness (QED) is 0.162. The van der Waals surface area contributed by atoms with Crippen LogP contribution in [0.15, 0.2) is 36.4 Å². The maximum Gasteiger partial charge on any atom is 0.407 e. The largest absolute Gasteiger partial charge is 0.444 e. The van der Waals surface area contributed by atoms with Gasteiger partial charge >= 0.3 is 24.4 Å². The zero-order valence-electron chi connectivity index (χ0n) is 37.1. The zero-order valence-corrected chi connectivity index (χ0v) is 37.1. The predicted octanol–water partition coefficient (Wildman–Crippen LogP) is 5.92. The number of hydrogen-bond donors (Lipinski definition) is 6. The fraction of sp³-hybridized carbons (Fsp3) is 0.619. The van der Waals surface area contributed by atoms with Crippen molar-refractivity contribution < 1.29 is 42.9 Å². The number of aromatic nitrogens is 1. The van der Waals surface area contributed by atoms with Crippen LogP contribution in [0.4, 0.5) is 42.2 Å². The van der Waals surface area contributed by atoms with Crippen molar-refractivity contribution in [1.29, 1.82) is 0 Å². The molecule has 4 atom stereocenters. The Morgan fingerprint density at radius 1 is 0.567 bits per heavy atom. The second-order valence-corrected chi connectivity index (χ2v) is 19.3. The molecule has 60 heavy (non-hydrogen) atoms. The molecule has 7 N–H and O–H groups in total. The third-order valence-electron chi connectivity index (χ3n) is 8.71. The molecule has 4 rings (SSSR count). The van der Waals surface area contributed by atoms with Crippen molar-refractivity contribution in [2.75, 3.05) is 41.3 Å². The highest BCUT2D eigenvalue weighted by molar-refractivity contribution is 5.93. The lowest BCUT2D eigenvalue weighted by atomic mass is 9.99. The van der Waals surface area contributed by atoms with Crippen LogP contribution in [0.2, 0.25) is 0 Å². The third kappa shape index (κ3) is 16.2. The molecule has 0 saturated carbocycles. The van der Waals surface area contributed by atoms with Gasteiger partial charge in [0.15, 0.2) is 0 Å². The number of ether oxygens (including phenoxy) is 4. The normalized spacial score (nSPS) is 19.9. The van der Waals surface area contributed by atoms with E-state index >= 15 is 0 Å². The number of alkyl carbamates (subject to hydrolysis) is 4. The number of primary amides is 1. The lowest BCUT2D eigenvalue weighted by Crippen LogP contribution is -2.58. The van der Waals surface area contributed by atoms with Crippen LogP contribution < -0.4 is 42.1 Å². The number of benzene rings is 1. The first-order valence-corrected chi connectivity index (χ1v) is 20.2. The number of anilines is 4. The maximum atomic E-state index is 13.0. The molecule has 2 aliphatic heterocycles. The fourth-order valence-corrected chi connectivity index (χ4v) is 6.69. The third-order valence-corrected chi connectivity index (χ3v) is 8.71. The average Bonchev–Trinajstić information content (AvgIpc) is 3.04. The molecule has 0 aliphatic carbocycles. The monoisotopic (exact) mass is 839 g/mol. The summed E-state index contributed by atoms with van der Waals surface area (Å²) in [6, 6.07) is 8.47. The highest BCUT2D eigenvalue weighted by atomic mass is 16.6. The van der Waals surface area contributed by atoms with Gasteiger partial charge in [0.2, 0.25) is 5.91 Å². The van der Waals surface area contributed by atoms with E-state index in [0.717, 1.165) is 0 Å². The summed E-state index contributed by atoms with van der Waals surface area (Å²) in [4.78, 5) is 72.9. The van der Waals surface area contributed by atoms with Gasteiger partial charge in [0.05, 0.1) is 24.2 Å². The van der Waals surface area contributed by atoms with E-state index in [4.69, 9.17) is 29.7 Å². The highest BCUT2D eigenvalue weighted by Crippen LogP contribution is 2.31. The van der Waals surface area contributed by atoms with Gasteiger partial charge in [-0.2, -0.15) is 0 Å². The minimum atomic E-state index is -0.737. The fourth-order valence-electron chi connectivity index (χ4n) is 6.69. The van der Waals surface area contributed by atoms with Gasteiger partial charge in [-0.25, -0.2) is 24.2 Å². The van der Waals surface area contributed by atoms with Crippen LogP contribution in [0, 0.1) is 0 Å². The summed E-state index contributed by atoms with van der Waals surface area (Å²) in [6.07, 6.45) is -1.62. The smallest absolute Gasteiger partial charge is 0.407 e. The first kappa shape index (κ1) is 47.0. The SMILES string of the molecule is CC(C)(C)OC(=O)N[C@@H]1C[C@H](NC(=O)OC(C)(C)C)CN(c2cc(Nc3ccc(C(N)=O)cc3)nc(N3C[C@H](NC(=O)OC(C)(C)C)C[C@H](NC(=O)OC(C)(C)C)C3)c2)C1. The second kappa shape index (κ2) is 18.7. The summed E-state index contributed by atoms with van der Waals surface area (Å²) in [7, 11) is 0. The van der Waals surface area contributed by atoms with Crippen LogP contribution in [0.1, 0.15) is 106 Å². The van der Waals surface area contributed by atoms with Gasteiger partial charge in [0, 0.05) is 55.2 Å². The number of nitrogens with zero attached hydrogens (tertiary/aromatic N) is 3. The topological polar surface area (TPSA) is 228 Å². The first-order valence-electron chi connectivity index (χ1n) is 20.2. The molecular weight excluding hydrogens is 775 g/mol. The van der Waals surface area contributed by atoms with E-state index in [1.807, 2.05) is 21.9 Å². The van der Waals surface area contributed by atoms with Crippen molar-refractivity contribution in [2.24, 2.45) is 5.73 Å². The Balaban J connectivity index is 1.76. The van der Waals surface area contributed by atoms with Crippen LogP contribution in [0.3, 0.4) is 0 Å². The van der Waals surface area contributed by atoms with E-state index in [1.165, 1.54) is 0 Å². The molecule has 3 heterocycles. The Morgan fingerprint density at radius 3 is 1.25 bits per heavy atom. The van der Waals surface area contributed by atoms with E-state index in [9.17, 15) is 24.0 Å². The standard InChI is InChI=1S/C42H65N9O9/c1-39(2,3)57-35(53)45-27-17-28(46-36(54)58-40(4,5)6)22-50(21-27)31-19-32(44-26-15-13-25(14-16-26)34(43)52)49-33(20-31)51-23-29(47-37(55)59-41(7,8)9)18-30(24-51)48-38(56)60-42(10,11)12/h13-16,19-20,27-30H,17-18,21-24H2,1-12H3,(H2,43,52)(H,44,49)(H,45,53)(H,46,54)(H,47,55)(H,48,56)/t27-,28+,29-,30+. The van der Waals surface area contributed by atoms with Gasteiger partial charge in [-0.05, 0) is 120 Å². The van der Waals surface area contributed by atoms with Crippen LogP contribution in [0.25, 0.3) is 0 Å². The summed E-state index contributed by atoms with van der Waals surface area (Å²) in [5.74, 6) is 0.355. The van der Waals surface area contributed by atoms with Crippen molar-refractivity contribution in [2.45, 2.75) is 142 Å². The summed E-state index contributed by atoms with van der Waals surface area (Å²) >= 11 is 0. The van der Waals surface area contributed by atoms with E-state index in [2.05, 4.69) is 26.6 Å². The van der Waals surface area contributed by atoms with Crippen molar-refractivity contribution in [1.82, 2.24) is 26.3 Å². The number of carbonyl (C=O) groups excluding carboxylic acids is 5. The molecule has 1 aromatic carbocycles. The lowest BCUT2D eigenvalue weighted by Gasteiger charge is -2.41. The Labute approximate surface area is 353 Å². The van der Waals surface area contributed by atoms with Gasteiger partial charge in [-0.15, -0.1) is 0 Å². The number of nitrogens with two attached hydrogens (primary N) is 1. The van der Waals surface area contributed by atoms with E-state index < -0.39 is 76.9 Å². The zero-order chi connectivity index (χ0) is 44.8. The minimum Gasteiger partial charge on any atom is -0.444 e. The van der Waals surface area contributed by atoms with Crippen molar-refractivity contribution in [3.05, 3.63) is 42.0 Å². The van der Waals surface area contributed by atoms with Crippen LogP contribution in [0.5, 0.6) is 0 Å². The summed E-state index contributed by atoms with van der Waals surface area (Å²) in [5.41, 5.74) is 4.19. The molecule has 2 aromatic rings. The molecule has 1 aromatic heterocycles. The Morgan fingerprint density at radius 2 is 0.917 bits per heavy atom. The van der Waals surface area contributed by atoms with Gasteiger partial charge in [-0.1, -0.05) is 0 Å². The van der Waals surface area contributed by atoms with Gasteiger partial charge in [0.1, 0.15) is 34.0 Å². The Bertz CT molecular complexity index is 1670. The van der Waals surface area contributed by atoms with Crippen molar-refractivity contribution in [3.8, 4) is 0 Å². The molecule has 18 heteroatoms. The average molecular weight is 840 g/mol. The molecule has 332 valence electrons. The number of carbonyl (C=O) groups is 5. The van der Waals surface area contributed by atoms with Crippen molar-refractivity contribution >= 4 is 53.3 Å². The van der Waals surface area contributed by atoms with E-state index in [-0.39, 0.29) is 0 Å². The number of piperidine rings is 2. The lowest BCUT2D eigenvalue weighted by molar-refractivity contribution is 0.0452. The molecule has 18 nitrogen and oxygen atoms in total. The number of nitrogens with one attached hydrogen (secondary N) is 5. The van der Waals surface area contributed by atoms with Gasteiger partial charge < -0.3 is 61.1 Å². The van der Waals surface area contributed by atoms with E-state index in [1.54, 1.807) is 107 Å². The molecule has 0 spiro atoms. The molecule has 2 saturated heterocycles. The maximum absolute atomic E-state index is 13.0. The van der Waals surface area contributed by atoms with E-state index in [0.29, 0.717) is 67.6 Å². The summed E-state index contributed by atoms with van der Waals surface area (Å²) < 4.78 is 22.3. The summed E-state index contributed by atoms with van der Waals surface area (Å²) in [6.45, 7) is 22.6. The molecule has 2 fully saturated rings. The van der Waals surface area contributed by atoms with Gasteiger partial charge in [-0.3, -0.25) is 4.79 Å². The molecule has 2 aliphatic rings. The number of hydrogen-bond acceptors (Lipinski definition) is 13. The molecular formula is C42H65N9O9. The number of rotatable bonds is 9. The predicted molar refractivity (Wildman–Crippen MR) is 229 cm³/mol. The molecule has 5 amide bonds. The Kier molecular flexibility index (Phi) is 14.7. The molecule has 0 bridgehead atoms. The summed E-state index contributed by atoms with van der Waals surface area (Å²) in [5, 5.41) is 15.2.